The summed E-state index contributed by atoms with van der Waals surface area (Å²) in [6.45, 7) is 1.00. The van der Waals surface area contributed by atoms with E-state index in [1.165, 1.54) is 12.1 Å². The van der Waals surface area contributed by atoms with Gasteiger partial charge in [-0.25, -0.2) is 4.79 Å². The summed E-state index contributed by atoms with van der Waals surface area (Å²) in [4.78, 5) is 43.5. The first kappa shape index (κ1) is 14.1. The maximum Gasteiger partial charge on any atom is 0.433 e. The molecule has 0 unspecified atom stereocenters. The summed E-state index contributed by atoms with van der Waals surface area (Å²) in [7, 11) is 0. The van der Waals surface area contributed by atoms with Crippen molar-refractivity contribution in [3.05, 3.63) is 39.9 Å². The van der Waals surface area contributed by atoms with Gasteiger partial charge < -0.3 is 5.11 Å². The number of carbonyl (C=O) groups is 3. The van der Waals surface area contributed by atoms with Gasteiger partial charge in [0, 0.05) is 13.0 Å². The number of carboxylic acid groups (broad SMARTS) is 1. The molecule has 0 aromatic heterocycles. The second-order valence-corrected chi connectivity index (χ2v) is 3.37. The van der Waals surface area contributed by atoms with Crippen molar-refractivity contribution in [2.24, 2.45) is 0 Å². The summed E-state index contributed by atoms with van der Waals surface area (Å²) < 4.78 is 0. The molecule has 0 heterocycles. The molecule has 0 fully saturated rings. The minimum absolute atomic E-state index is 0.00926. The molecule has 0 spiro atoms. The van der Waals surface area contributed by atoms with Crippen LogP contribution in [-0.4, -0.2) is 32.9 Å². The number of nitro groups is 1. The molecular weight excluding hydrogens is 258 g/mol. The number of carbonyl (C=O) groups excluding carboxylic acids is 2. The zero-order valence-corrected chi connectivity index (χ0v) is 9.69. The standard InChI is InChI=1S/C10H9N3O6/c1-6(14)11-12(10(16)17)9(15)7-4-2-3-5-8(7)13(18)19/h2-5H,1H3,(H,11,14)(H,16,17). The van der Waals surface area contributed by atoms with Crippen molar-refractivity contribution in [3.63, 3.8) is 0 Å². The van der Waals surface area contributed by atoms with Gasteiger partial charge in [-0.15, -0.1) is 5.01 Å². The SMILES string of the molecule is CC(=O)NN(C(=O)O)C(=O)c1ccccc1[N+](=O)[O-]. The number of nitrogens with zero attached hydrogens (tertiary/aromatic N) is 2. The summed E-state index contributed by atoms with van der Waals surface area (Å²) in [6, 6.07) is 4.83. The van der Waals surface area contributed by atoms with Crippen LogP contribution in [0.2, 0.25) is 0 Å². The van der Waals surface area contributed by atoms with Crippen LogP contribution in [0.5, 0.6) is 0 Å². The molecule has 0 aliphatic rings. The number of benzene rings is 1. The molecule has 0 bridgehead atoms. The average Bonchev–Trinajstić information content (AvgIpc) is 2.34. The van der Waals surface area contributed by atoms with E-state index in [1.807, 2.05) is 0 Å². The van der Waals surface area contributed by atoms with Crippen molar-refractivity contribution < 1.29 is 24.4 Å². The molecule has 2 N–H and O–H groups in total. The first-order valence-electron chi connectivity index (χ1n) is 4.92. The van der Waals surface area contributed by atoms with Crippen molar-refractivity contribution in [3.8, 4) is 0 Å². The predicted molar refractivity (Wildman–Crippen MR) is 61.1 cm³/mol. The Bertz CT molecular complexity index is 556. The van der Waals surface area contributed by atoms with E-state index < -0.39 is 34.1 Å². The van der Waals surface area contributed by atoms with Crippen LogP contribution in [0.3, 0.4) is 0 Å². The third kappa shape index (κ3) is 3.25. The van der Waals surface area contributed by atoms with Gasteiger partial charge >= 0.3 is 6.09 Å². The van der Waals surface area contributed by atoms with E-state index >= 15 is 0 Å². The van der Waals surface area contributed by atoms with Crippen LogP contribution in [0.15, 0.2) is 24.3 Å². The number of imide groups is 1. The molecule has 1 aromatic carbocycles. The van der Waals surface area contributed by atoms with Crippen LogP contribution >= 0.6 is 0 Å². The number of nitrogens with one attached hydrogen (secondary N) is 1. The van der Waals surface area contributed by atoms with Crippen molar-refractivity contribution in [1.82, 2.24) is 10.4 Å². The Morgan fingerprint density at radius 2 is 1.89 bits per heavy atom. The lowest BCUT2D eigenvalue weighted by Crippen LogP contribution is -2.48. The molecule has 0 saturated heterocycles. The Balaban J connectivity index is 3.20. The molecular formula is C10H9N3O6. The molecule has 9 heteroatoms. The molecule has 0 atom stereocenters. The monoisotopic (exact) mass is 267 g/mol. The van der Waals surface area contributed by atoms with Gasteiger partial charge in [0.15, 0.2) is 0 Å². The summed E-state index contributed by atoms with van der Waals surface area (Å²) >= 11 is 0. The lowest BCUT2D eigenvalue weighted by Gasteiger charge is -2.16. The maximum atomic E-state index is 11.9. The first-order valence-corrected chi connectivity index (χ1v) is 4.92. The zero-order chi connectivity index (χ0) is 14.6. The van der Waals surface area contributed by atoms with Gasteiger partial charge in [0.1, 0.15) is 5.56 Å². The third-order valence-corrected chi connectivity index (χ3v) is 1.99. The maximum absolute atomic E-state index is 11.9. The predicted octanol–water partition coefficient (Wildman–Crippen LogP) is 0.766. The highest BCUT2D eigenvalue weighted by Gasteiger charge is 2.29. The number of nitro benzene ring substituents is 1. The largest absolute Gasteiger partial charge is 0.463 e. The second-order valence-electron chi connectivity index (χ2n) is 3.37. The van der Waals surface area contributed by atoms with E-state index in [-0.39, 0.29) is 5.01 Å². The zero-order valence-electron chi connectivity index (χ0n) is 9.69. The molecule has 19 heavy (non-hydrogen) atoms. The van der Waals surface area contributed by atoms with Crippen LogP contribution in [0.25, 0.3) is 0 Å². The van der Waals surface area contributed by atoms with Crippen molar-refractivity contribution in [2.75, 3.05) is 0 Å². The van der Waals surface area contributed by atoms with Crippen LogP contribution < -0.4 is 5.43 Å². The van der Waals surface area contributed by atoms with Gasteiger partial charge in [0.25, 0.3) is 11.6 Å². The highest BCUT2D eigenvalue weighted by molar-refractivity contribution is 6.05. The van der Waals surface area contributed by atoms with E-state index in [2.05, 4.69) is 0 Å². The van der Waals surface area contributed by atoms with E-state index in [0.717, 1.165) is 19.1 Å². The molecule has 100 valence electrons. The summed E-state index contributed by atoms with van der Waals surface area (Å²) in [6.07, 6.45) is -1.75. The van der Waals surface area contributed by atoms with Gasteiger partial charge in [-0.05, 0) is 6.07 Å². The number of hydrazine groups is 1. The van der Waals surface area contributed by atoms with Crippen molar-refractivity contribution in [1.29, 1.82) is 0 Å². The number of para-hydroxylation sites is 1. The fraction of sp³-hybridized carbons (Fsp3) is 0.100. The first-order chi connectivity index (χ1) is 8.84. The summed E-state index contributed by atoms with van der Waals surface area (Å²) in [5.41, 5.74) is 0.774. The molecule has 0 radical (unpaired) electrons. The van der Waals surface area contributed by atoms with Crippen LogP contribution in [0.4, 0.5) is 10.5 Å². The lowest BCUT2D eigenvalue weighted by atomic mass is 10.1. The molecule has 3 amide bonds. The Labute approximate surface area is 106 Å². The summed E-state index contributed by atoms with van der Waals surface area (Å²) in [5, 5.41) is 19.5. The Hall–Kier alpha value is -2.97. The van der Waals surface area contributed by atoms with E-state index in [0.29, 0.717) is 0 Å². The molecule has 0 aliphatic carbocycles. The summed E-state index contributed by atoms with van der Waals surface area (Å²) in [5.74, 6) is -2.01. The highest BCUT2D eigenvalue weighted by Crippen LogP contribution is 2.19. The number of amides is 3. The Morgan fingerprint density at radius 3 is 2.37 bits per heavy atom. The van der Waals surface area contributed by atoms with Crippen molar-refractivity contribution in [2.45, 2.75) is 6.92 Å². The smallest absolute Gasteiger partial charge is 0.433 e. The lowest BCUT2D eigenvalue weighted by molar-refractivity contribution is -0.385. The molecule has 0 saturated carbocycles. The van der Waals surface area contributed by atoms with Gasteiger partial charge in [0.2, 0.25) is 5.91 Å². The van der Waals surface area contributed by atoms with Gasteiger partial charge in [-0.3, -0.25) is 25.1 Å². The van der Waals surface area contributed by atoms with E-state index in [9.17, 15) is 24.5 Å². The number of hydrogen-bond donors (Lipinski definition) is 2. The minimum atomic E-state index is -1.75. The number of hydrogen-bond acceptors (Lipinski definition) is 5. The molecule has 1 aromatic rings. The third-order valence-electron chi connectivity index (χ3n) is 1.99. The van der Waals surface area contributed by atoms with Crippen LogP contribution in [-0.2, 0) is 4.79 Å². The van der Waals surface area contributed by atoms with Crippen LogP contribution in [0.1, 0.15) is 17.3 Å². The van der Waals surface area contributed by atoms with Crippen LogP contribution in [0, 0.1) is 10.1 Å². The quantitative estimate of drug-likeness (QED) is 0.601. The average molecular weight is 267 g/mol. The van der Waals surface area contributed by atoms with Gasteiger partial charge in [-0.2, -0.15) is 0 Å². The molecule has 1 rings (SSSR count). The normalized spacial score (nSPS) is 9.53. The van der Waals surface area contributed by atoms with Crippen molar-refractivity contribution >= 4 is 23.6 Å². The minimum Gasteiger partial charge on any atom is -0.463 e. The topological polar surface area (TPSA) is 130 Å². The molecule has 0 aliphatic heterocycles. The number of rotatable bonds is 2. The fourth-order valence-electron chi connectivity index (χ4n) is 1.28. The second kappa shape index (κ2) is 5.58. The van der Waals surface area contributed by atoms with Gasteiger partial charge in [-0.1, -0.05) is 12.1 Å². The molecule has 9 nitrogen and oxygen atoms in total. The van der Waals surface area contributed by atoms with E-state index in [1.54, 1.807) is 5.43 Å². The highest BCUT2D eigenvalue weighted by atomic mass is 16.6. The van der Waals surface area contributed by atoms with Gasteiger partial charge in [0.05, 0.1) is 4.92 Å². The Morgan fingerprint density at radius 1 is 1.32 bits per heavy atom. The Kier molecular flexibility index (Phi) is 4.14. The fourth-order valence-corrected chi connectivity index (χ4v) is 1.28. The van der Waals surface area contributed by atoms with E-state index in [4.69, 9.17) is 5.11 Å².